The van der Waals surface area contributed by atoms with Gasteiger partial charge in [-0.3, -0.25) is 0 Å². The number of aromatic nitrogens is 2. The molecule has 134 valence electrons. The predicted octanol–water partition coefficient (Wildman–Crippen LogP) is 2.82. The van der Waals surface area contributed by atoms with Crippen LogP contribution in [0.4, 0.5) is 0 Å². The normalized spacial score (nSPS) is 15.0. The number of halogens is 1. The topological polar surface area (TPSA) is 8.81 Å². The van der Waals surface area contributed by atoms with E-state index in [-0.39, 0.29) is 17.0 Å². The van der Waals surface area contributed by atoms with E-state index in [9.17, 15) is 0 Å². The SMILES string of the molecule is CCCCCCCCCCCC[n+]1ccn(C2CCCC2)c1.[Br-]. The Labute approximate surface area is 154 Å². The molecule has 1 aromatic heterocycles. The van der Waals surface area contributed by atoms with Gasteiger partial charge in [0, 0.05) is 0 Å². The molecule has 23 heavy (non-hydrogen) atoms. The highest BCUT2D eigenvalue weighted by molar-refractivity contribution is 4.79. The van der Waals surface area contributed by atoms with Gasteiger partial charge in [-0.15, -0.1) is 0 Å². The quantitative estimate of drug-likeness (QED) is 0.387. The fourth-order valence-corrected chi connectivity index (χ4v) is 3.74. The first-order valence-corrected chi connectivity index (χ1v) is 9.96. The highest BCUT2D eigenvalue weighted by Crippen LogP contribution is 2.28. The summed E-state index contributed by atoms with van der Waals surface area (Å²) in [6, 6.07) is 0.786. The summed E-state index contributed by atoms with van der Waals surface area (Å²) in [7, 11) is 0. The van der Waals surface area contributed by atoms with Gasteiger partial charge in [0.25, 0.3) is 0 Å². The molecule has 2 rings (SSSR count). The van der Waals surface area contributed by atoms with Crippen molar-refractivity contribution in [3.63, 3.8) is 0 Å². The summed E-state index contributed by atoms with van der Waals surface area (Å²) in [4.78, 5) is 0. The molecule has 0 N–H and O–H groups in total. The molecule has 1 aliphatic rings. The van der Waals surface area contributed by atoms with Crippen LogP contribution in [0.5, 0.6) is 0 Å². The average molecular weight is 385 g/mol. The van der Waals surface area contributed by atoms with Gasteiger partial charge in [0.15, 0.2) is 0 Å². The fraction of sp³-hybridized carbons (Fsp3) is 0.850. The van der Waals surface area contributed by atoms with E-state index in [0.717, 1.165) is 6.04 Å². The van der Waals surface area contributed by atoms with Crippen LogP contribution in [0.15, 0.2) is 18.7 Å². The second-order valence-electron chi connectivity index (χ2n) is 7.22. The van der Waals surface area contributed by atoms with Crippen molar-refractivity contribution in [3.05, 3.63) is 18.7 Å². The Balaban J connectivity index is 0.00000264. The van der Waals surface area contributed by atoms with Gasteiger partial charge in [-0.05, 0) is 38.5 Å². The molecule has 3 heteroatoms. The molecular weight excluding hydrogens is 348 g/mol. The predicted molar refractivity (Wildman–Crippen MR) is 94.0 cm³/mol. The van der Waals surface area contributed by atoms with Crippen LogP contribution in [0.2, 0.25) is 0 Å². The molecule has 0 spiro atoms. The van der Waals surface area contributed by atoms with Gasteiger partial charge in [0.1, 0.15) is 18.4 Å². The third-order valence-electron chi connectivity index (χ3n) is 5.23. The van der Waals surface area contributed by atoms with Crippen molar-refractivity contribution in [1.29, 1.82) is 0 Å². The van der Waals surface area contributed by atoms with E-state index >= 15 is 0 Å². The largest absolute Gasteiger partial charge is 1.00 e. The minimum absolute atomic E-state index is 0. The Kier molecular flexibility index (Phi) is 11.8. The highest BCUT2D eigenvalue weighted by Gasteiger charge is 2.21. The summed E-state index contributed by atoms with van der Waals surface area (Å²) in [5.41, 5.74) is 0. The van der Waals surface area contributed by atoms with Crippen LogP contribution in [0.25, 0.3) is 0 Å². The molecule has 0 aliphatic heterocycles. The second-order valence-corrected chi connectivity index (χ2v) is 7.22. The highest BCUT2D eigenvalue weighted by atomic mass is 79.9. The van der Waals surface area contributed by atoms with E-state index < -0.39 is 0 Å². The van der Waals surface area contributed by atoms with Crippen molar-refractivity contribution in [2.45, 2.75) is 109 Å². The molecule has 1 aliphatic carbocycles. The van der Waals surface area contributed by atoms with Crippen molar-refractivity contribution in [1.82, 2.24) is 4.57 Å². The van der Waals surface area contributed by atoms with Gasteiger partial charge < -0.3 is 17.0 Å². The van der Waals surface area contributed by atoms with Crippen LogP contribution in [0.3, 0.4) is 0 Å². The third-order valence-corrected chi connectivity index (χ3v) is 5.23. The van der Waals surface area contributed by atoms with Crippen LogP contribution in [0, 0.1) is 0 Å². The van der Waals surface area contributed by atoms with Gasteiger partial charge in [-0.2, -0.15) is 0 Å². The molecule has 1 fully saturated rings. The molecule has 0 radical (unpaired) electrons. The first kappa shape index (κ1) is 20.7. The molecule has 1 saturated carbocycles. The molecule has 0 amide bonds. The van der Waals surface area contributed by atoms with Crippen LogP contribution in [0.1, 0.15) is 103 Å². The minimum Gasteiger partial charge on any atom is -1.00 e. The standard InChI is InChI=1S/C20H37N2.BrH/c1-2-3-4-5-6-7-8-9-10-13-16-21-17-18-22(19-21)20-14-11-12-15-20;/h17-20H,2-16H2,1H3;1H/q+1;/p-1. The van der Waals surface area contributed by atoms with E-state index in [1.807, 2.05) is 0 Å². The fourth-order valence-electron chi connectivity index (χ4n) is 3.74. The number of nitrogens with zero attached hydrogens (tertiary/aromatic N) is 2. The van der Waals surface area contributed by atoms with E-state index in [1.54, 1.807) is 0 Å². The zero-order valence-corrected chi connectivity index (χ0v) is 16.8. The Bertz CT molecular complexity index is 383. The molecule has 1 heterocycles. The van der Waals surface area contributed by atoms with Crippen LogP contribution >= 0.6 is 0 Å². The second kappa shape index (κ2) is 13.0. The molecule has 1 aromatic rings. The van der Waals surface area contributed by atoms with E-state index in [1.165, 1.54) is 96.4 Å². The molecule has 0 atom stereocenters. The van der Waals surface area contributed by atoms with Crippen molar-refractivity contribution < 1.29 is 21.5 Å². The van der Waals surface area contributed by atoms with E-state index in [2.05, 4.69) is 34.8 Å². The summed E-state index contributed by atoms with van der Waals surface area (Å²) in [6.45, 7) is 3.50. The summed E-state index contributed by atoms with van der Waals surface area (Å²) in [5, 5.41) is 0. The lowest BCUT2D eigenvalue weighted by atomic mass is 10.1. The summed E-state index contributed by atoms with van der Waals surface area (Å²) in [6.07, 6.45) is 26.7. The van der Waals surface area contributed by atoms with Crippen molar-refractivity contribution in [2.24, 2.45) is 0 Å². The molecule has 0 bridgehead atoms. The third kappa shape index (κ3) is 8.37. The van der Waals surface area contributed by atoms with Gasteiger partial charge in [0.05, 0.1) is 6.54 Å². The molecule has 2 nitrogen and oxygen atoms in total. The van der Waals surface area contributed by atoms with E-state index in [0.29, 0.717) is 0 Å². The maximum Gasteiger partial charge on any atom is 0.243 e. The number of rotatable bonds is 12. The lowest BCUT2D eigenvalue weighted by molar-refractivity contribution is -0.697. The maximum absolute atomic E-state index is 2.45. The Morgan fingerprint density at radius 1 is 0.870 bits per heavy atom. The smallest absolute Gasteiger partial charge is 0.243 e. The number of aryl methyl sites for hydroxylation is 1. The number of imidazole rings is 1. The molecule has 0 unspecified atom stereocenters. The lowest BCUT2D eigenvalue weighted by Gasteiger charge is -2.03. The summed E-state index contributed by atoms with van der Waals surface area (Å²) >= 11 is 0. The molecule has 0 aromatic carbocycles. The van der Waals surface area contributed by atoms with Gasteiger partial charge in [-0.25, -0.2) is 9.13 Å². The van der Waals surface area contributed by atoms with Crippen molar-refractivity contribution in [2.75, 3.05) is 0 Å². The molecular formula is C20H37BrN2. The summed E-state index contributed by atoms with van der Waals surface area (Å²) < 4.78 is 4.84. The first-order valence-electron chi connectivity index (χ1n) is 9.96. The van der Waals surface area contributed by atoms with Gasteiger partial charge in [-0.1, -0.05) is 58.3 Å². The first-order chi connectivity index (χ1) is 10.9. The van der Waals surface area contributed by atoms with E-state index in [4.69, 9.17) is 0 Å². The van der Waals surface area contributed by atoms with Crippen LogP contribution in [-0.4, -0.2) is 4.57 Å². The maximum atomic E-state index is 2.45. The van der Waals surface area contributed by atoms with Crippen molar-refractivity contribution >= 4 is 0 Å². The monoisotopic (exact) mass is 384 g/mol. The van der Waals surface area contributed by atoms with Crippen LogP contribution < -0.4 is 21.5 Å². The van der Waals surface area contributed by atoms with Gasteiger partial charge >= 0.3 is 0 Å². The zero-order chi connectivity index (χ0) is 15.5. The molecule has 0 saturated heterocycles. The Hall–Kier alpha value is -0.310. The average Bonchev–Trinajstić information content (AvgIpc) is 3.19. The number of unbranched alkanes of at least 4 members (excludes halogenated alkanes) is 9. The summed E-state index contributed by atoms with van der Waals surface area (Å²) in [5.74, 6) is 0. The van der Waals surface area contributed by atoms with Gasteiger partial charge in [0.2, 0.25) is 6.33 Å². The zero-order valence-electron chi connectivity index (χ0n) is 15.2. The number of hydrogen-bond acceptors (Lipinski definition) is 0. The Morgan fingerprint density at radius 3 is 2.04 bits per heavy atom. The van der Waals surface area contributed by atoms with Crippen LogP contribution in [-0.2, 0) is 6.54 Å². The Morgan fingerprint density at radius 2 is 1.43 bits per heavy atom. The van der Waals surface area contributed by atoms with Crippen molar-refractivity contribution in [3.8, 4) is 0 Å². The number of hydrogen-bond donors (Lipinski definition) is 0. The lowest BCUT2D eigenvalue weighted by Crippen LogP contribution is -3.00. The minimum atomic E-state index is 0.